The Morgan fingerprint density at radius 1 is 1.12 bits per heavy atom. The number of carbonyl (C=O) groups excluding carboxylic acids is 2. The summed E-state index contributed by atoms with van der Waals surface area (Å²) in [5.41, 5.74) is 0.947. The minimum absolute atomic E-state index is 0.00573. The summed E-state index contributed by atoms with van der Waals surface area (Å²) in [7, 11) is 0. The van der Waals surface area contributed by atoms with E-state index in [1.165, 1.54) is 6.07 Å². The second-order valence-electron chi connectivity index (χ2n) is 7.04. The van der Waals surface area contributed by atoms with Crippen molar-refractivity contribution in [3.8, 4) is 0 Å². The van der Waals surface area contributed by atoms with Crippen LogP contribution >= 0.6 is 0 Å². The van der Waals surface area contributed by atoms with E-state index in [1.54, 1.807) is 24.0 Å². The van der Waals surface area contributed by atoms with Crippen molar-refractivity contribution in [2.75, 3.05) is 39.3 Å². The van der Waals surface area contributed by atoms with E-state index in [9.17, 15) is 14.0 Å². The van der Waals surface area contributed by atoms with Crippen LogP contribution in [0.4, 0.5) is 4.39 Å². The fourth-order valence-corrected chi connectivity index (χ4v) is 3.79. The van der Waals surface area contributed by atoms with Gasteiger partial charge in [0, 0.05) is 46.2 Å². The minimum Gasteiger partial charge on any atom is -0.339 e. The summed E-state index contributed by atoms with van der Waals surface area (Å²) in [4.78, 5) is 30.2. The molecule has 1 atom stereocenters. The lowest BCUT2D eigenvalue weighted by atomic mass is 9.95. The first-order chi connectivity index (χ1) is 12.0. The van der Waals surface area contributed by atoms with Gasteiger partial charge in [0.15, 0.2) is 0 Å². The highest BCUT2D eigenvalue weighted by Crippen LogP contribution is 2.21. The van der Waals surface area contributed by atoms with Crippen LogP contribution in [0.15, 0.2) is 24.3 Å². The zero-order valence-corrected chi connectivity index (χ0v) is 14.8. The average molecular weight is 347 g/mol. The quantitative estimate of drug-likeness (QED) is 0.836. The normalized spacial score (nSPS) is 22.1. The molecule has 2 fully saturated rings. The molecule has 0 aliphatic carbocycles. The van der Waals surface area contributed by atoms with Crippen molar-refractivity contribution in [1.29, 1.82) is 0 Å². The molecule has 0 saturated carbocycles. The lowest BCUT2D eigenvalue weighted by molar-refractivity contribution is -0.142. The van der Waals surface area contributed by atoms with Crippen LogP contribution < -0.4 is 0 Å². The summed E-state index contributed by atoms with van der Waals surface area (Å²) >= 11 is 0. The maximum absolute atomic E-state index is 13.4. The van der Waals surface area contributed by atoms with E-state index in [-0.39, 0.29) is 23.5 Å². The number of piperidine rings is 1. The number of carbonyl (C=O) groups is 2. The molecule has 0 spiro atoms. The van der Waals surface area contributed by atoms with Crippen molar-refractivity contribution in [1.82, 2.24) is 14.7 Å². The zero-order valence-electron chi connectivity index (χ0n) is 14.8. The minimum atomic E-state index is -0.217. The molecule has 25 heavy (non-hydrogen) atoms. The first kappa shape index (κ1) is 17.9. The Morgan fingerprint density at radius 3 is 2.52 bits per heavy atom. The molecule has 2 aliphatic heterocycles. The number of halogens is 1. The SMILES string of the molecule is CC(=O)N1CCN(C(=O)[C@H]2CCCN(Cc3cccc(F)c3)C2)CC1. The number of amides is 2. The second-order valence-corrected chi connectivity index (χ2v) is 7.04. The van der Waals surface area contributed by atoms with Crippen molar-refractivity contribution >= 4 is 11.8 Å². The lowest BCUT2D eigenvalue weighted by Crippen LogP contribution is -2.53. The third kappa shape index (κ3) is 4.57. The largest absolute Gasteiger partial charge is 0.339 e. The number of hydrogen-bond acceptors (Lipinski definition) is 3. The van der Waals surface area contributed by atoms with E-state index >= 15 is 0 Å². The van der Waals surface area contributed by atoms with Gasteiger partial charge in [-0.3, -0.25) is 14.5 Å². The van der Waals surface area contributed by atoms with Gasteiger partial charge >= 0.3 is 0 Å². The molecule has 5 nitrogen and oxygen atoms in total. The second kappa shape index (κ2) is 7.95. The molecule has 6 heteroatoms. The first-order valence-electron chi connectivity index (χ1n) is 9.04. The molecule has 2 aliphatic rings. The number of likely N-dealkylation sites (tertiary alicyclic amines) is 1. The molecular weight excluding hydrogens is 321 g/mol. The van der Waals surface area contributed by atoms with E-state index in [4.69, 9.17) is 0 Å². The molecule has 136 valence electrons. The van der Waals surface area contributed by atoms with Gasteiger partial charge in [0.05, 0.1) is 5.92 Å². The van der Waals surface area contributed by atoms with Gasteiger partial charge in [0.1, 0.15) is 5.82 Å². The molecule has 2 heterocycles. The average Bonchev–Trinajstić information content (AvgIpc) is 2.61. The predicted octanol–water partition coefficient (Wildman–Crippen LogP) is 1.73. The number of hydrogen-bond donors (Lipinski definition) is 0. The molecular formula is C19H26FN3O2. The van der Waals surface area contributed by atoms with Gasteiger partial charge in [-0.2, -0.15) is 0 Å². The molecule has 2 amide bonds. The zero-order chi connectivity index (χ0) is 17.8. The van der Waals surface area contributed by atoms with Crippen LogP contribution in [0.1, 0.15) is 25.3 Å². The monoisotopic (exact) mass is 347 g/mol. The Labute approximate surface area is 148 Å². The number of nitrogens with zero attached hydrogens (tertiary/aromatic N) is 3. The molecule has 0 aromatic heterocycles. The molecule has 3 rings (SSSR count). The number of benzene rings is 1. The predicted molar refractivity (Wildman–Crippen MR) is 93.2 cm³/mol. The molecule has 2 saturated heterocycles. The van der Waals surface area contributed by atoms with Gasteiger partial charge in [0.2, 0.25) is 11.8 Å². The summed E-state index contributed by atoms with van der Waals surface area (Å²) in [5.74, 6) is 0.0647. The highest BCUT2D eigenvalue weighted by atomic mass is 19.1. The summed E-state index contributed by atoms with van der Waals surface area (Å²) in [6.45, 7) is 6.42. The third-order valence-electron chi connectivity index (χ3n) is 5.19. The maximum Gasteiger partial charge on any atom is 0.227 e. The highest BCUT2D eigenvalue weighted by Gasteiger charge is 2.31. The standard InChI is InChI=1S/C19H26FN3O2/c1-15(24)22-8-10-23(11-9-22)19(25)17-5-3-7-21(14-17)13-16-4-2-6-18(20)12-16/h2,4,6,12,17H,3,5,7-11,13-14H2,1H3/t17-/m0/s1. The first-order valence-corrected chi connectivity index (χ1v) is 9.04. The van der Waals surface area contributed by atoms with Crippen LogP contribution in [0.2, 0.25) is 0 Å². The Bertz CT molecular complexity index is 629. The van der Waals surface area contributed by atoms with Gasteiger partial charge in [0.25, 0.3) is 0 Å². The Kier molecular flexibility index (Phi) is 5.68. The van der Waals surface area contributed by atoms with Gasteiger partial charge in [-0.15, -0.1) is 0 Å². The van der Waals surface area contributed by atoms with E-state index in [2.05, 4.69) is 4.90 Å². The van der Waals surface area contributed by atoms with Crippen LogP contribution in [0.3, 0.4) is 0 Å². The van der Waals surface area contributed by atoms with E-state index < -0.39 is 0 Å². The lowest BCUT2D eigenvalue weighted by Gasteiger charge is -2.38. The Balaban J connectivity index is 1.54. The van der Waals surface area contributed by atoms with Crippen molar-refractivity contribution < 1.29 is 14.0 Å². The van der Waals surface area contributed by atoms with Crippen LogP contribution in [-0.4, -0.2) is 65.8 Å². The number of piperazine rings is 1. The van der Waals surface area contributed by atoms with Crippen LogP contribution in [0.25, 0.3) is 0 Å². The van der Waals surface area contributed by atoms with Gasteiger partial charge in [-0.05, 0) is 37.1 Å². The molecule has 0 N–H and O–H groups in total. The Morgan fingerprint density at radius 2 is 1.84 bits per heavy atom. The van der Waals surface area contributed by atoms with Crippen LogP contribution in [-0.2, 0) is 16.1 Å². The maximum atomic E-state index is 13.4. The summed E-state index contributed by atoms with van der Waals surface area (Å²) in [6.07, 6.45) is 1.89. The topological polar surface area (TPSA) is 43.9 Å². The molecule has 1 aromatic rings. The van der Waals surface area contributed by atoms with Gasteiger partial charge in [-0.25, -0.2) is 4.39 Å². The van der Waals surface area contributed by atoms with Crippen molar-refractivity contribution in [2.24, 2.45) is 5.92 Å². The fraction of sp³-hybridized carbons (Fsp3) is 0.579. The smallest absolute Gasteiger partial charge is 0.227 e. The van der Waals surface area contributed by atoms with Crippen molar-refractivity contribution in [2.45, 2.75) is 26.3 Å². The van der Waals surface area contributed by atoms with Crippen molar-refractivity contribution in [3.05, 3.63) is 35.6 Å². The molecule has 0 radical (unpaired) electrons. The van der Waals surface area contributed by atoms with E-state index in [0.29, 0.717) is 32.7 Å². The summed E-state index contributed by atoms with van der Waals surface area (Å²) in [6, 6.07) is 6.67. The van der Waals surface area contributed by atoms with Gasteiger partial charge < -0.3 is 9.80 Å². The van der Waals surface area contributed by atoms with Crippen molar-refractivity contribution in [3.63, 3.8) is 0 Å². The van der Waals surface area contributed by atoms with Crippen LogP contribution in [0.5, 0.6) is 0 Å². The van der Waals surface area contributed by atoms with Gasteiger partial charge in [-0.1, -0.05) is 12.1 Å². The molecule has 0 bridgehead atoms. The molecule has 0 unspecified atom stereocenters. The Hall–Kier alpha value is -1.95. The third-order valence-corrected chi connectivity index (χ3v) is 5.19. The summed E-state index contributed by atoms with van der Waals surface area (Å²) < 4.78 is 13.4. The van der Waals surface area contributed by atoms with Crippen LogP contribution in [0, 0.1) is 11.7 Å². The van der Waals surface area contributed by atoms with E-state index in [0.717, 1.165) is 31.5 Å². The number of rotatable bonds is 3. The molecule has 1 aromatic carbocycles. The highest BCUT2D eigenvalue weighted by molar-refractivity contribution is 5.80. The van der Waals surface area contributed by atoms with E-state index in [1.807, 2.05) is 11.0 Å². The fourth-order valence-electron chi connectivity index (χ4n) is 3.79. The summed E-state index contributed by atoms with van der Waals surface area (Å²) in [5, 5.41) is 0.